The second kappa shape index (κ2) is 2.58. The lowest BCUT2D eigenvalue weighted by molar-refractivity contribution is 0.103. The van der Waals surface area contributed by atoms with Gasteiger partial charge >= 0.3 is 0 Å². The number of carbonyl (C=O) groups excluding carboxylic acids is 1. The van der Waals surface area contributed by atoms with Crippen LogP contribution in [0, 0.1) is 0 Å². The van der Waals surface area contributed by atoms with Gasteiger partial charge in [0.15, 0.2) is 5.78 Å². The average molecular weight is 184 g/mol. The molecule has 0 unspecified atom stereocenters. The van der Waals surface area contributed by atoms with Crippen LogP contribution in [0.1, 0.15) is 22.3 Å². The Morgan fingerprint density at radius 2 is 1.93 bits per heavy atom. The molecular formula is C12H8O2. The zero-order valence-corrected chi connectivity index (χ0v) is 7.49. The van der Waals surface area contributed by atoms with Gasteiger partial charge in [-0.2, -0.15) is 0 Å². The third-order valence-corrected chi connectivity index (χ3v) is 2.57. The number of ketones is 1. The quantitative estimate of drug-likeness (QED) is 0.619. The number of hydrogen-bond donors (Lipinski definition) is 0. The van der Waals surface area contributed by atoms with E-state index in [0.29, 0.717) is 6.42 Å². The molecule has 0 aromatic heterocycles. The first-order valence-corrected chi connectivity index (χ1v) is 4.57. The molecule has 2 aliphatic rings. The van der Waals surface area contributed by atoms with E-state index in [4.69, 9.17) is 4.74 Å². The zero-order valence-electron chi connectivity index (χ0n) is 7.49. The van der Waals surface area contributed by atoms with Gasteiger partial charge in [-0.25, -0.2) is 0 Å². The van der Waals surface area contributed by atoms with Gasteiger partial charge in [0.05, 0.1) is 6.26 Å². The van der Waals surface area contributed by atoms with E-state index in [0.717, 1.165) is 22.5 Å². The lowest BCUT2D eigenvalue weighted by atomic mass is 10.1. The number of Topliss-reactive ketones (excluding diaryl/α,β-unsaturated/α-hetero) is 1. The van der Waals surface area contributed by atoms with Crippen molar-refractivity contribution >= 4 is 11.5 Å². The lowest BCUT2D eigenvalue weighted by Gasteiger charge is -2.08. The molecule has 1 aromatic rings. The summed E-state index contributed by atoms with van der Waals surface area (Å²) in [6.07, 6.45) is 4.19. The summed E-state index contributed by atoms with van der Waals surface area (Å²) < 4.78 is 5.38. The maximum Gasteiger partial charge on any atom is 0.193 e. The van der Waals surface area contributed by atoms with Gasteiger partial charge in [-0.3, -0.25) is 4.79 Å². The van der Waals surface area contributed by atoms with Crippen molar-refractivity contribution in [1.29, 1.82) is 0 Å². The molecule has 1 aliphatic heterocycles. The van der Waals surface area contributed by atoms with Gasteiger partial charge in [0.1, 0.15) is 5.76 Å². The Kier molecular flexibility index (Phi) is 1.39. The minimum absolute atomic E-state index is 0.111. The molecule has 2 nitrogen and oxygen atoms in total. The first-order chi connectivity index (χ1) is 6.88. The molecule has 1 heterocycles. The Morgan fingerprint density at radius 3 is 2.79 bits per heavy atom. The summed E-state index contributed by atoms with van der Waals surface area (Å²) in [5, 5.41) is 0. The van der Waals surface area contributed by atoms with Crippen LogP contribution >= 0.6 is 0 Å². The summed E-state index contributed by atoms with van der Waals surface area (Å²) in [5.41, 5.74) is 2.48. The second-order valence-corrected chi connectivity index (χ2v) is 3.38. The Balaban J connectivity index is 2.23. The highest BCUT2D eigenvalue weighted by molar-refractivity contribution is 6.20. The van der Waals surface area contributed by atoms with Crippen molar-refractivity contribution in [3.05, 3.63) is 53.3 Å². The molecule has 68 valence electrons. The van der Waals surface area contributed by atoms with Crippen molar-refractivity contribution in [2.24, 2.45) is 0 Å². The van der Waals surface area contributed by atoms with E-state index in [1.165, 1.54) is 0 Å². The molecule has 3 rings (SSSR count). The monoisotopic (exact) mass is 184 g/mol. The Morgan fingerprint density at radius 1 is 1.14 bits per heavy atom. The highest BCUT2D eigenvalue weighted by Crippen LogP contribution is 2.37. The SMILES string of the molecule is O=C1C2=C(OC=CC2)c2ccccc21. The number of rotatable bonds is 0. The molecule has 0 amide bonds. The van der Waals surface area contributed by atoms with Crippen LogP contribution in [0.2, 0.25) is 0 Å². The molecule has 0 N–H and O–H groups in total. The molecule has 0 atom stereocenters. The fourth-order valence-electron chi connectivity index (χ4n) is 1.91. The molecule has 14 heavy (non-hydrogen) atoms. The van der Waals surface area contributed by atoms with Crippen LogP contribution in [-0.4, -0.2) is 5.78 Å². The summed E-state index contributed by atoms with van der Waals surface area (Å²) >= 11 is 0. The van der Waals surface area contributed by atoms with Gasteiger partial charge in [0.25, 0.3) is 0 Å². The van der Waals surface area contributed by atoms with E-state index in [2.05, 4.69) is 0 Å². The number of benzene rings is 1. The highest BCUT2D eigenvalue weighted by atomic mass is 16.5. The van der Waals surface area contributed by atoms with E-state index >= 15 is 0 Å². The van der Waals surface area contributed by atoms with Crippen molar-refractivity contribution in [1.82, 2.24) is 0 Å². The molecular weight excluding hydrogens is 176 g/mol. The minimum atomic E-state index is 0.111. The second-order valence-electron chi connectivity index (χ2n) is 3.38. The van der Waals surface area contributed by atoms with E-state index in [-0.39, 0.29) is 5.78 Å². The summed E-state index contributed by atoms with van der Waals surface area (Å²) in [4.78, 5) is 11.9. The van der Waals surface area contributed by atoms with Crippen LogP contribution in [-0.2, 0) is 4.74 Å². The van der Waals surface area contributed by atoms with Crippen molar-refractivity contribution in [2.45, 2.75) is 6.42 Å². The van der Waals surface area contributed by atoms with Crippen LogP contribution < -0.4 is 0 Å². The maximum absolute atomic E-state index is 11.9. The average Bonchev–Trinajstić information content (AvgIpc) is 2.55. The topological polar surface area (TPSA) is 26.3 Å². The van der Waals surface area contributed by atoms with E-state index in [1.54, 1.807) is 6.26 Å². The predicted octanol–water partition coefficient (Wildman–Crippen LogP) is 2.53. The molecule has 0 fully saturated rings. The minimum Gasteiger partial charge on any atom is -0.464 e. The van der Waals surface area contributed by atoms with Crippen LogP contribution in [0.5, 0.6) is 0 Å². The number of ether oxygens (including phenoxy) is 1. The van der Waals surface area contributed by atoms with Crippen molar-refractivity contribution in [3.8, 4) is 0 Å². The predicted molar refractivity (Wildman–Crippen MR) is 52.5 cm³/mol. The Hall–Kier alpha value is -1.83. The molecule has 0 radical (unpaired) electrons. The highest BCUT2D eigenvalue weighted by Gasteiger charge is 2.30. The maximum atomic E-state index is 11.9. The Bertz CT molecular complexity index is 481. The smallest absolute Gasteiger partial charge is 0.193 e. The van der Waals surface area contributed by atoms with Crippen LogP contribution in [0.25, 0.3) is 5.76 Å². The molecule has 0 saturated carbocycles. The third kappa shape index (κ3) is 0.826. The van der Waals surface area contributed by atoms with Gasteiger partial charge in [-0.1, -0.05) is 24.3 Å². The summed E-state index contributed by atoms with van der Waals surface area (Å²) in [6.45, 7) is 0. The first kappa shape index (κ1) is 7.56. The van der Waals surface area contributed by atoms with Gasteiger partial charge < -0.3 is 4.74 Å². The zero-order chi connectivity index (χ0) is 9.54. The fourth-order valence-corrected chi connectivity index (χ4v) is 1.91. The molecule has 0 bridgehead atoms. The fraction of sp³-hybridized carbons (Fsp3) is 0.0833. The largest absolute Gasteiger partial charge is 0.464 e. The molecule has 2 heteroatoms. The number of carbonyl (C=O) groups is 1. The number of allylic oxidation sites excluding steroid dienone is 2. The normalized spacial score (nSPS) is 17.9. The van der Waals surface area contributed by atoms with E-state index in [9.17, 15) is 4.79 Å². The van der Waals surface area contributed by atoms with Crippen molar-refractivity contribution < 1.29 is 9.53 Å². The summed E-state index contributed by atoms with van der Waals surface area (Å²) in [6, 6.07) is 7.57. The van der Waals surface area contributed by atoms with Gasteiger partial charge in [0.2, 0.25) is 0 Å². The molecule has 1 aliphatic carbocycles. The standard InChI is InChI=1S/C12H8O2/c13-11-8-4-1-2-5-9(8)12-10(11)6-3-7-14-12/h1-5,7H,6H2. The molecule has 0 saturated heterocycles. The van der Waals surface area contributed by atoms with Crippen LogP contribution in [0.15, 0.2) is 42.2 Å². The summed E-state index contributed by atoms with van der Waals surface area (Å²) in [7, 11) is 0. The van der Waals surface area contributed by atoms with Gasteiger partial charge in [-0.15, -0.1) is 0 Å². The Labute approximate surface area is 81.5 Å². The lowest BCUT2D eigenvalue weighted by Crippen LogP contribution is -1.99. The summed E-state index contributed by atoms with van der Waals surface area (Å²) in [5.74, 6) is 0.855. The first-order valence-electron chi connectivity index (χ1n) is 4.57. The van der Waals surface area contributed by atoms with E-state index in [1.807, 2.05) is 30.3 Å². The molecule has 1 aromatic carbocycles. The molecule has 0 spiro atoms. The van der Waals surface area contributed by atoms with Crippen LogP contribution in [0.4, 0.5) is 0 Å². The van der Waals surface area contributed by atoms with Gasteiger partial charge in [0, 0.05) is 23.1 Å². The number of hydrogen-bond acceptors (Lipinski definition) is 2. The van der Waals surface area contributed by atoms with E-state index < -0.39 is 0 Å². The third-order valence-electron chi connectivity index (χ3n) is 2.57. The van der Waals surface area contributed by atoms with Gasteiger partial charge in [-0.05, 0) is 6.08 Å². The van der Waals surface area contributed by atoms with Crippen molar-refractivity contribution in [2.75, 3.05) is 0 Å². The number of fused-ring (bicyclic) bond motifs is 2. The van der Waals surface area contributed by atoms with Crippen LogP contribution in [0.3, 0.4) is 0 Å². The van der Waals surface area contributed by atoms with Crippen molar-refractivity contribution in [3.63, 3.8) is 0 Å².